The molecule has 5 nitrogen and oxygen atoms in total. The van der Waals surface area contributed by atoms with Crippen molar-refractivity contribution in [2.75, 3.05) is 0 Å². The number of aryl methyl sites for hydroxylation is 2. The SMILES string of the molecule is Cn1cc(CCC(=O)C(C#N)c2ccc(C(F)(F)F)cn2)cn1. The van der Waals surface area contributed by atoms with Crippen LogP contribution in [0.3, 0.4) is 0 Å². The molecule has 120 valence electrons. The molecule has 2 aromatic heterocycles. The van der Waals surface area contributed by atoms with Crippen LogP contribution >= 0.6 is 0 Å². The number of hydrogen-bond acceptors (Lipinski definition) is 4. The minimum atomic E-state index is -4.50. The summed E-state index contributed by atoms with van der Waals surface area (Å²) in [6.07, 6.45) is 0.000238. The summed E-state index contributed by atoms with van der Waals surface area (Å²) >= 11 is 0. The van der Waals surface area contributed by atoms with Gasteiger partial charge in [-0.05, 0) is 24.1 Å². The predicted molar refractivity (Wildman–Crippen MR) is 74.1 cm³/mol. The molecular weight excluding hydrogens is 309 g/mol. The van der Waals surface area contributed by atoms with Crippen molar-refractivity contribution in [3.8, 4) is 6.07 Å². The van der Waals surface area contributed by atoms with E-state index < -0.39 is 17.7 Å². The van der Waals surface area contributed by atoms with Crippen molar-refractivity contribution in [3.63, 3.8) is 0 Å². The van der Waals surface area contributed by atoms with Crippen molar-refractivity contribution in [1.29, 1.82) is 5.26 Å². The van der Waals surface area contributed by atoms with Crippen molar-refractivity contribution < 1.29 is 18.0 Å². The fraction of sp³-hybridized carbons (Fsp3) is 0.333. The standard InChI is InChI=1S/C15H13F3N4O/c1-22-9-10(7-21-22)2-5-14(23)12(6-19)13-4-3-11(8-20-13)15(16,17)18/h3-4,7-9,12H,2,5H2,1H3. The van der Waals surface area contributed by atoms with Crippen LogP contribution in [0.15, 0.2) is 30.7 Å². The highest BCUT2D eigenvalue weighted by molar-refractivity contribution is 5.88. The lowest BCUT2D eigenvalue weighted by Crippen LogP contribution is -2.14. The highest BCUT2D eigenvalue weighted by Gasteiger charge is 2.31. The van der Waals surface area contributed by atoms with Crippen molar-refractivity contribution in [2.45, 2.75) is 24.9 Å². The predicted octanol–water partition coefficient (Wildman–Crippen LogP) is 2.64. The number of aromatic nitrogens is 3. The van der Waals surface area contributed by atoms with E-state index in [0.717, 1.165) is 17.7 Å². The molecule has 2 heterocycles. The van der Waals surface area contributed by atoms with Crippen LogP contribution in [0.2, 0.25) is 0 Å². The topological polar surface area (TPSA) is 71.6 Å². The first kappa shape index (κ1) is 16.7. The van der Waals surface area contributed by atoms with Gasteiger partial charge in [-0.15, -0.1) is 0 Å². The van der Waals surface area contributed by atoms with Gasteiger partial charge < -0.3 is 0 Å². The lowest BCUT2D eigenvalue weighted by Gasteiger charge is -2.10. The maximum atomic E-state index is 12.5. The summed E-state index contributed by atoms with van der Waals surface area (Å²) in [4.78, 5) is 15.7. The van der Waals surface area contributed by atoms with Crippen LogP contribution in [-0.2, 0) is 24.4 Å². The molecule has 0 N–H and O–H groups in total. The lowest BCUT2D eigenvalue weighted by atomic mass is 9.96. The van der Waals surface area contributed by atoms with Crippen LogP contribution in [0, 0.1) is 11.3 Å². The number of pyridine rings is 1. The van der Waals surface area contributed by atoms with Crippen LogP contribution in [0.25, 0.3) is 0 Å². The zero-order valence-corrected chi connectivity index (χ0v) is 12.2. The number of nitrogens with zero attached hydrogens (tertiary/aromatic N) is 4. The average molecular weight is 322 g/mol. The molecule has 2 rings (SSSR count). The Morgan fingerprint density at radius 1 is 1.39 bits per heavy atom. The fourth-order valence-corrected chi connectivity index (χ4v) is 2.06. The Hall–Kier alpha value is -2.69. The van der Waals surface area contributed by atoms with Gasteiger partial charge in [0.05, 0.1) is 23.5 Å². The number of alkyl halides is 3. The summed E-state index contributed by atoms with van der Waals surface area (Å²) in [5, 5.41) is 13.1. The van der Waals surface area contributed by atoms with Gasteiger partial charge in [0.2, 0.25) is 0 Å². The molecule has 0 radical (unpaired) electrons. The number of carbonyl (C=O) groups is 1. The third kappa shape index (κ3) is 4.16. The zero-order valence-electron chi connectivity index (χ0n) is 12.2. The number of halogens is 3. The molecule has 0 saturated heterocycles. The number of hydrogen-bond donors (Lipinski definition) is 0. The number of Topliss-reactive ketones (excluding diaryl/α,β-unsaturated/α-hetero) is 1. The minimum Gasteiger partial charge on any atom is -0.298 e. The van der Waals surface area contributed by atoms with Gasteiger partial charge >= 0.3 is 6.18 Å². The van der Waals surface area contributed by atoms with Crippen molar-refractivity contribution >= 4 is 5.78 Å². The van der Waals surface area contributed by atoms with Crippen molar-refractivity contribution in [3.05, 3.63) is 47.5 Å². The molecule has 0 bridgehead atoms. The van der Waals surface area contributed by atoms with E-state index >= 15 is 0 Å². The van der Waals surface area contributed by atoms with E-state index in [-0.39, 0.29) is 17.9 Å². The number of nitriles is 1. The molecule has 0 fully saturated rings. The van der Waals surface area contributed by atoms with Crippen LogP contribution in [0.1, 0.15) is 29.2 Å². The molecule has 8 heteroatoms. The van der Waals surface area contributed by atoms with E-state index in [1.807, 2.05) is 0 Å². The highest BCUT2D eigenvalue weighted by atomic mass is 19.4. The molecule has 1 atom stereocenters. The van der Waals surface area contributed by atoms with Gasteiger partial charge in [-0.25, -0.2) is 0 Å². The molecule has 0 aliphatic heterocycles. The van der Waals surface area contributed by atoms with E-state index in [2.05, 4.69) is 10.1 Å². The van der Waals surface area contributed by atoms with Gasteiger partial charge in [-0.3, -0.25) is 14.5 Å². The monoisotopic (exact) mass is 322 g/mol. The maximum Gasteiger partial charge on any atom is 0.417 e. The second kappa shape index (κ2) is 6.60. The second-order valence-electron chi connectivity index (χ2n) is 5.02. The minimum absolute atomic E-state index is 0.0247. The molecule has 0 saturated carbocycles. The number of rotatable bonds is 5. The Bertz CT molecular complexity index is 728. The van der Waals surface area contributed by atoms with Crippen LogP contribution in [0.4, 0.5) is 13.2 Å². The first-order valence-corrected chi connectivity index (χ1v) is 6.74. The Morgan fingerprint density at radius 3 is 2.61 bits per heavy atom. The summed E-state index contributed by atoms with van der Waals surface area (Å²) in [6.45, 7) is 0. The molecule has 0 aromatic carbocycles. The van der Waals surface area contributed by atoms with E-state index in [0.29, 0.717) is 12.6 Å². The Morgan fingerprint density at radius 2 is 2.13 bits per heavy atom. The van der Waals surface area contributed by atoms with Crippen molar-refractivity contribution in [2.24, 2.45) is 7.05 Å². The van der Waals surface area contributed by atoms with Crippen LogP contribution < -0.4 is 0 Å². The first-order chi connectivity index (χ1) is 10.8. The quantitative estimate of drug-likeness (QED) is 0.848. The summed E-state index contributed by atoms with van der Waals surface area (Å²) in [7, 11) is 1.75. The lowest BCUT2D eigenvalue weighted by molar-refractivity contribution is -0.137. The Balaban J connectivity index is 2.06. The third-order valence-corrected chi connectivity index (χ3v) is 3.28. The summed E-state index contributed by atoms with van der Waals surface area (Å²) in [5.74, 6) is -1.56. The van der Waals surface area contributed by atoms with Gasteiger partial charge in [0, 0.05) is 25.9 Å². The Kier molecular flexibility index (Phi) is 4.79. The highest BCUT2D eigenvalue weighted by Crippen LogP contribution is 2.29. The average Bonchev–Trinajstić information content (AvgIpc) is 2.91. The smallest absolute Gasteiger partial charge is 0.298 e. The molecule has 1 unspecified atom stereocenters. The maximum absolute atomic E-state index is 12.5. The molecule has 0 amide bonds. The molecule has 0 aliphatic carbocycles. The van der Waals surface area contributed by atoms with Crippen LogP contribution in [0.5, 0.6) is 0 Å². The fourth-order valence-electron chi connectivity index (χ4n) is 2.06. The molecule has 0 aliphatic rings. The van der Waals surface area contributed by atoms with Gasteiger partial charge in [0.25, 0.3) is 0 Å². The summed E-state index contributed by atoms with van der Waals surface area (Å²) in [6, 6.07) is 3.69. The molecule has 23 heavy (non-hydrogen) atoms. The molecule has 0 spiro atoms. The largest absolute Gasteiger partial charge is 0.417 e. The summed E-state index contributed by atoms with van der Waals surface area (Å²) in [5.41, 5.74) is -0.0460. The second-order valence-corrected chi connectivity index (χ2v) is 5.02. The number of carbonyl (C=O) groups excluding carboxylic acids is 1. The van der Waals surface area contributed by atoms with Gasteiger partial charge in [-0.2, -0.15) is 23.5 Å². The van der Waals surface area contributed by atoms with E-state index in [1.165, 1.54) is 0 Å². The normalized spacial score (nSPS) is 12.7. The van der Waals surface area contributed by atoms with Gasteiger partial charge in [0.1, 0.15) is 5.92 Å². The van der Waals surface area contributed by atoms with E-state index in [4.69, 9.17) is 5.26 Å². The third-order valence-electron chi connectivity index (χ3n) is 3.28. The van der Waals surface area contributed by atoms with Crippen molar-refractivity contribution in [1.82, 2.24) is 14.8 Å². The Labute approximate surface area is 130 Å². The van der Waals surface area contributed by atoms with E-state index in [1.54, 1.807) is 30.2 Å². The van der Waals surface area contributed by atoms with E-state index in [9.17, 15) is 18.0 Å². The first-order valence-electron chi connectivity index (χ1n) is 6.74. The molecular formula is C15H13F3N4O. The van der Waals surface area contributed by atoms with Gasteiger partial charge in [-0.1, -0.05) is 0 Å². The number of ketones is 1. The van der Waals surface area contributed by atoms with Crippen LogP contribution in [-0.4, -0.2) is 20.5 Å². The zero-order chi connectivity index (χ0) is 17.0. The molecule has 2 aromatic rings. The summed E-state index contributed by atoms with van der Waals surface area (Å²) < 4.78 is 39.1. The van der Waals surface area contributed by atoms with Gasteiger partial charge in [0.15, 0.2) is 5.78 Å².